The average molecular weight is 700 g/mol. The standard InChI is InChI=1S/C27H21N7O12S2/c35-22-20-12(10-19(48(44,45)46)21(22)34-33-17-8-4-2-6-15(17)24(38)39)9-13(47(41,42)43)11-18(20)29-26-30-25(31-27(40)32-26)28-16-7-3-1-5-14(16)23(36)37/h1-11,35,44-46H,(H,36,37)(H,38,39)(H,41,42,43)(H3,28,29,30,31,32,40). The van der Waals surface area contributed by atoms with Crippen molar-refractivity contribution in [3.63, 3.8) is 0 Å². The van der Waals surface area contributed by atoms with Gasteiger partial charge < -0.3 is 44.7 Å². The Morgan fingerprint density at radius 3 is 1.90 bits per heavy atom. The molecule has 0 aliphatic rings. The Balaban J connectivity index is 1.70. The summed E-state index contributed by atoms with van der Waals surface area (Å²) in [5.74, 6) is -4.54. The lowest BCUT2D eigenvalue weighted by atomic mass is 10.1. The van der Waals surface area contributed by atoms with Crippen LogP contribution in [0.15, 0.2) is 86.7 Å². The first kappa shape index (κ1) is 33.4. The number of carbonyl (C=O) groups is 2. The summed E-state index contributed by atoms with van der Waals surface area (Å²) < 4.78 is 64.6. The highest BCUT2D eigenvalue weighted by atomic mass is 32.3. The first-order chi connectivity index (χ1) is 22.5. The van der Waals surface area contributed by atoms with Crippen LogP contribution in [0.2, 0.25) is 0 Å². The molecule has 48 heavy (non-hydrogen) atoms. The molecule has 4 aromatic carbocycles. The van der Waals surface area contributed by atoms with Gasteiger partial charge in [0.1, 0.15) is 22.2 Å². The summed E-state index contributed by atoms with van der Waals surface area (Å²) in [4.78, 5) is 33.0. The summed E-state index contributed by atoms with van der Waals surface area (Å²) in [6.07, 6.45) is 0. The van der Waals surface area contributed by atoms with Crippen molar-refractivity contribution in [3.05, 3.63) is 77.9 Å². The topological polar surface area (TPSA) is 318 Å². The van der Waals surface area contributed by atoms with Crippen LogP contribution in [0.5, 0.6) is 11.8 Å². The molecule has 19 nitrogen and oxygen atoms in total. The van der Waals surface area contributed by atoms with E-state index in [2.05, 4.69) is 35.8 Å². The number of nitrogens with zero attached hydrogens (tertiary/aromatic N) is 5. The molecule has 5 aromatic rings. The Labute approximate surface area is 269 Å². The van der Waals surface area contributed by atoms with Crippen molar-refractivity contribution in [2.24, 2.45) is 10.2 Å². The van der Waals surface area contributed by atoms with Gasteiger partial charge in [0.05, 0.1) is 32.3 Å². The third kappa shape index (κ3) is 7.05. The highest BCUT2D eigenvalue weighted by molar-refractivity contribution is 8.19. The van der Waals surface area contributed by atoms with Crippen LogP contribution < -0.4 is 10.6 Å². The van der Waals surface area contributed by atoms with Crippen molar-refractivity contribution in [2.75, 3.05) is 10.6 Å². The van der Waals surface area contributed by atoms with Gasteiger partial charge in [0.25, 0.3) is 10.1 Å². The summed E-state index contributed by atoms with van der Waals surface area (Å²) in [6.45, 7) is 0. The van der Waals surface area contributed by atoms with Gasteiger partial charge in [-0.2, -0.15) is 23.4 Å². The minimum absolute atomic E-state index is 0.0213. The summed E-state index contributed by atoms with van der Waals surface area (Å²) >= 11 is 0. The number of anilines is 4. The Hall–Kier alpha value is -5.97. The van der Waals surface area contributed by atoms with E-state index in [4.69, 9.17) is 0 Å². The summed E-state index contributed by atoms with van der Waals surface area (Å²) in [7, 11) is -9.71. The zero-order valence-electron chi connectivity index (χ0n) is 23.6. The molecule has 0 spiro atoms. The summed E-state index contributed by atoms with van der Waals surface area (Å²) in [5, 5.41) is 52.5. The van der Waals surface area contributed by atoms with Crippen molar-refractivity contribution in [1.82, 2.24) is 15.0 Å². The number of hydrogen-bond donors (Lipinski definition) is 10. The second-order valence-corrected chi connectivity index (χ2v) is 12.4. The van der Waals surface area contributed by atoms with Crippen LogP contribution in [0.25, 0.3) is 10.8 Å². The number of phenols is 1. The molecule has 10 N–H and O–H groups in total. The molecule has 21 heteroatoms. The normalized spacial score (nSPS) is 12.2. The average Bonchev–Trinajstić information content (AvgIpc) is 2.99. The predicted octanol–water partition coefficient (Wildman–Crippen LogP) is 5.56. The Bertz CT molecular complexity index is 2260. The molecule has 0 radical (unpaired) electrons. The van der Waals surface area contributed by atoms with Crippen LogP contribution in [0, 0.1) is 0 Å². The zero-order chi connectivity index (χ0) is 35.0. The maximum absolute atomic E-state index is 12.2. The number of para-hydroxylation sites is 1. The van der Waals surface area contributed by atoms with Crippen molar-refractivity contribution in [1.29, 1.82) is 0 Å². The minimum Gasteiger partial charge on any atom is -0.505 e. The molecule has 0 bridgehead atoms. The lowest BCUT2D eigenvalue weighted by molar-refractivity contribution is 0.0687. The number of aromatic nitrogens is 3. The molecule has 0 atom stereocenters. The van der Waals surface area contributed by atoms with Crippen LogP contribution in [-0.4, -0.2) is 73.9 Å². The molecule has 5 rings (SSSR count). The number of fused-ring (bicyclic) bond motifs is 1. The van der Waals surface area contributed by atoms with Crippen LogP contribution in [0.1, 0.15) is 20.7 Å². The van der Waals surface area contributed by atoms with Gasteiger partial charge in [-0.05, 0) is 47.9 Å². The maximum atomic E-state index is 12.2. The van der Waals surface area contributed by atoms with Gasteiger partial charge in [-0.25, -0.2) is 9.59 Å². The largest absolute Gasteiger partial charge is 0.505 e. The first-order valence-electron chi connectivity index (χ1n) is 12.9. The molecular weight excluding hydrogens is 678 g/mol. The quantitative estimate of drug-likeness (QED) is 0.0629. The van der Waals surface area contributed by atoms with Crippen LogP contribution in [-0.2, 0) is 10.1 Å². The molecule has 0 amide bonds. The number of carboxylic acids is 2. The van der Waals surface area contributed by atoms with Gasteiger partial charge in [0.2, 0.25) is 11.9 Å². The Morgan fingerprint density at radius 2 is 1.29 bits per heavy atom. The van der Waals surface area contributed by atoms with Gasteiger partial charge in [-0.1, -0.05) is 24.3 Å². The van der Waals surface area contributed by atoms with Gasteiger partial charge in [-0.15, -0.1) is 10.2 Å². The number of benzene rings is 4. The SMILES string of the molecule is O=C(O)c1ccccc1N=Nc1c(S(O)(O)O)cc2cc(S(=O)(=O)O)cc(Nc3nc(O)nc(Nc4ccccc4C(=O)O)n3)c2c1O. The van der Waals surface area contributed by atoms with Crippen LogP contribution in [0.3, 0.4) is 0 Å². The third-order valence-corrected chi connectivity index (χ3v) is 8.12. The van der Waals surface area contributed by atoms with Gasteiger partial charge in [-0.3, -0.25) is 4.55 Å². The highest BCUT2D eigenvalue weighted by Crippen LogP contribution is 2.55. The fourth-order valence-electron chi connectivity index (χ4n) is 4.35. The molecule has 0 saturated carbocycles. The molecule has 1 heterocycles. The predicted molar refractivity (Wildman–Crippen MR) is 168 cm³/mol. The van der Waals surface area contributed by atoms with Crippen molar-refractivity contribution in [3.8, 4) is 11.8 Å². The smallest absolute Gasteiger partial charge is 0.337 e. The van der Waals surface area contributed by atoms with Crippen molar-refractivity contribution >= 4 is 78.3 Å². The number of rotatable bonds is 10. The summed E-state index contributed by atoms with van der Waals surface area (Å²) in [5.41, 5.74) is -1.88. The fourth-order valence-corrected chi connectivity index (χ4v) is 5.58. The fraction of sp³-hybridized carbons (Fsp3) is 0. The molecule has 0 unspecified atom stereocenters. The number of aromatic carboxylic acids is 2. The van der Waals surface area contributed by atoms with Crippen LogP contribution >= 0.6 is 10.9 Å². The lowest BCUT2D eigenvalue weighted by Gasteiger charge is -2.23. The van der Waals surface area contributed by atoms with Gasteiger partial charge in [0.15, 0.2) is 5.75 Å². The third-order valence-electron chi connectivity index (χ3n) is 6.38. The molecular formula is C27H21N7O12S2. The van der Waals surface area contributed by atoms with Gasteiger partial charge >= 0.3 is 17.9 Å². The molecule has 1 aromatic heterocycles. The summed E-state index contributed by atoms with van der Waals surface area (Å²) in [6, 6.07) is 12.5. The van der Waals surface area contributed by atoms with E-state index in [1.165, 1.54) is 48.5 Å². The molecule has 0 aliphatic heterocycles. The number of nitrogens with one attached hydrogen (secondary N) is 2. The number of carboxylic acid groups (broad SMARTS) is 2. The number of phenolic OH excluding ortho intramolecular Hbond substituents is 1. The maximum Gasteiger partial charge on any atom is 0.337 e. The number of hydrogen-bond acceptors (Lipinski definition) is 16. The zero-order valence-corrected chi connectivity index (χ0v) is 25.2. The Kier molecular flexibility index (Phi) is 8.82. The van der Waals surface area contributed by atoms with Crippen LogP contribution in [0.4, 0.5) is 34.6 Å². The van der Waals surface area contributed by atoms with E-state index in [0.717, 1.165) is 18.2 Å². The van der Waals surface area contributed by atoms with E-state index in [9.17, 15) is 56.6 Å². The second-order valence-electron chi connectivity index (χ2n) is 9.54. The van der Waals surface area contributed by atoms with E-state index in [-0.39, 0.29) is 39.2 Å². The van der Waals surface area contributed by atoms with E-state index < -0.39 is 71.8 Å². The van der Waals surface area contributed by atoms with E-state index >= 15 is 0 Å². The monoisotopic (exact) mass is 699 g/mol. The van der Waals surface area contributed by atoms with E-state index in [1.807, 2.05) is 0 Å². The highest BCUT2D eigenvalue weighted by Gasteiger charge is 2.28. The number of aromatic hydroxyl groups is 2. The first-order valence-corrected chi connectivity index (χ1v) is 15.8. The molecule has 0 saturated heterocycles. The van der Waals surface area contributed by atoms with Gasteiger partial charge in [0, 0.05) is 5.39 Å². The van der Waals surface area contributed by atoms with Crippen molar-refractivity contribution < 1.29 is 56.6 Å². The minimum atomic E-state index is -4.98. The lowest BCUT2D eigenvalue weighted by Crippen LogP contribution is -2.07. The van der Waals surface area contributed by atoms with E-state index in [1.54, 1.807) is 0 Å². The van der Waals surface area contributed by atoms with E-state index in [0.29, 0.717) is 0 Å². The second kappa shape index (κ2) is 12.7. The Morgan fingerprint density at radius 1 is 0.708 bits per heavy atom. The molecule has 0 fully saturated rings. The number of azo groups is 1. The molecule has 0 aliphatic carbocycles. The molecule has 248 valence electrons. The van der Waals surface area contributed by atoms with Crippen molar-refractivity contribution in [2.45, 2.75) is 9.79 Å².